The van der Waals surface area contributed by atoms with E-state index in [2.05, 4.69) is 0 Å². The van der Waals surface area contributed by atoms with Crippen molar-refractivity contribution in [3.8, 4) is 0 Å². The molecule has 0 spiro atoms. The summed E-state index contributed by atoms with van der Waals surface area (Å²) in [4.78, 5) is 13.4. The van der Waals surface area contributed by atoms with E-state index >= 15 is 0 Å². The van der Waals surface area contributed by atoms with Gasteiger partial charge in [0.25, 0.3) is 0 Å². The van der Waals surface area contributed by atoms with Gasteiger partial charge in [0, 0.05) is 25.4 Å². The lowest BCUT2D eigenvalue weighted by Crippen LogP contribution is -2.54. The number of rotatable bonds is 0. The summed E-state index contributed by atoms with van der Waals surface area (Å²) < 4.78 is 0. The lowest BCUT2D eigenvalue weighted by atomic mass is 9.76. The van der Waals surface area contributed by atoms with Crippen molar-refractivity contribution in [3.05, 3.63) is 0 Å². The second-order valence-electron chi connectivity index (χ2n) is 4.58. The number of hydrogen-bond acceptors (Lipinski definition) is 2. The van der Waals surface area contributed by atoms with Gasteiger partial charge in [-0.05, 0) is 19.3 Å². The third kappa shape index (κ3) is 1.65. The summed E-state index contributed by atoms with van der Waals surface area (Å²) in [5.41, 5.74) is 0. The van der Waals surface area contributed by atoms with E-state index in [1.807, 2.05) is 4.90 Å². The van der Waals surface area contributed by atoms with E-state index in [0.717, 1.165) is 25.8 Å². The van der Waals surface area contributed by atoms with Gasteiger partial charge in [-0.3, -0.25) is 4.79 Å². The smallest absolute Gasteiger partial charge is 0.219 e. The minimum Gasteiger partial charge on any atom is -0.393 e. The molecule has 1 aliphatic heterocycles. The molecule has 1 saturated heterocycles. The van der Waals surface area contributed by atoms with Crippen molar-refractivity contribution in [3.63, 3.8) is 0 Å². The Balaban J connectivity index is 2.12. The van der Waals surface area contributed by atoms with Gasteiger partial charge in [-0.15, -0.1) is 0 Å². The van der Waals surface area contributed by atoms with Crippen LogP contribution >= 0.6 is 0 Å². The molecule has 1 saturated carbocycles. The van der Waals surface area contributed by atoms with Crippen molar-refractivity contribution in [2.45, 2.75) is 51.2 Å². The maximum absolute atomic E-state index is 11.4. The number of aliphatic hydroxyl groups excluding tert-OH is 1. The van der Waals surface area contributed by atoms with Crippen LogP contribution in [0.1, 0.15) is 39.0 Å². The first-order valence-corrected chi connectivity index (χ1v) is 5.65. The van der Waals surface area contributed by atoms with Crippen molar-refractivity contribution in [1.82, 2.24) is 4.90 Å². The second-order valence-corrected chi connectivity index (χ2v) is 4.58. The Hall–Kier alpha value is -0.570. The predicted molar refractivity (Wildman–Crippen MR) is 53.8 cm³/mol. The number of fused-ring (bicyclic) bond motifs is 1. The van der Waals surface area contributed by atoms with Gasteiger partial charge >= 0.3 is 0 Å². The van der Waals surface area contributed by atoms with E-state index in [-0.39, 0.29) is 12.0 Å². The van der Waals surface area contributed by atoms with Gasteiger partial charge in [-0.1, -0.05) is 12.8 Å². The molecule has 0 aromatic heterocycles. The quantitative estimate of drug-likeness (QED) is 0.633. The zero-order chi connectivity index (χ0) is 10.1. The Kier molecular flexibility index (Phi) is 2.77. The highest BCUT2D eigenvalue weighted by molar-refractivity contribution is 5.73. The molecule has 3 nitrogen and oxygen atoms in total. The molecule has 0 aromatic rings. The monoisotopic (exact) mass is 197 g/mol. The van der Waals surface area contributed by atoms with Crippen molar-refractivity contribution in [1.29, 1.82) is 0 Å². The summed E-state index contributed by atoms with van der Waals surface area (Å²) in [7, 11) is 0. The Morgan fingerprint density at radius 1 is 1.29 bits per heavy atom. The lowest BCUT2D eigenvalue weighted by Gasteiger charge is -2.46. The summed E-state index contributed by atoms with van der Waals surface area (Å²) in [5, 5.41) is 9.87. The van der Waals surface area contributed by atoms with Crippen LogP contribution in [0.4, 0.5) is 0 Å². The Morgan fingerprint density at radius 3 is 2.71 bits per heavy atom. The van der Waals surface area contributed by atoms with Crippen LogP contribution < -0.4 is 0 Å². The zero-order valence-electron chi connectivity index (χ0n) is 8.78. The minimum absolute atomic E-state index is 0.170. The largest absolute Gasteiger partial charge is 0.393 e. The third-order valence-corrected chi connectivity index (χ3v) is 3.75. The number of piperidine rings is 1. The fourth-order valence-corrected chi connectivity index (χ4v) is 3.02. The standard InChI is InChI=1S/C11H19NO2/c1-8(13)12-7-6-11(14)9-4-2-3-5-10(9)12/h9-11,14H,2-7H2,1H3/t9-,10+,11+/m1/s1. The molecule has 0 aromatic carbocycles. The lowest BCUT2D eigenvalue weighted by molar-refractivity contribution is -0.139. The number of nitrogens with zero attached hydrogens (tertiary/aromatic N) is 1. The number of hydrogen-bond donors (Lipinski definition) is 1. The Morgan fingerprint density at radius 2 is 2.00 bits per heavy atom. The summed E-state index contributed by atoms with van der Waals surface area (Å²) in [5.74, 6) is 0.523. The number of likely N-dealkylation sites (tertiary alicyclic amines) is 1. The fourth-order valence-electron chi connectivity index (χ4n) is 3.02. The normalized spacial score (nSPS) is 37.9. The third-order valence-electron chi connectivity index (χ3n) is 3.75. The molecular formula is C11H19NO2. The minimum atomic E-state index is -0.170. The number of carbonyl (C=O) groups is 1. The Bertz CT molecular complexity index is 229. The van der Waals surface area contributed by atoms with E-state index < -0.39 is 0 Å². The molecule has 80 valence electrons. The van der Waals surface area contributed by atoms with Gasteiger partial charge < -0.3 is 10.0 Å². The number of aliphatic hydroxyl groups is 1. The number of carbonyl (C=O) groups excluding carboxylic acids is 1. The first-order chi connectivity index (χ1) is 6.70. The van der Waals surface area contributed by atoms with E-state index in [4.69, 9.17) is 0 Å². The van der Waals surface area contributed by atoms with Crippen molar-refractivity contribution in [2.75, 3.05) is 6.54 Å². The predicted octanol–water partition coefficient (Wildman–Crippen LogP) is 1.16. The molecule has 1 aliphatic carbocycles. The van der Waals surface area contributed by atoms with Crippen LogP contribution in [0.15, 0.2) is 0 Å². The van der Waals surface area contributed by atoms with Crippen molar-refractivity contribution in [2.24, 2.45) is 5.92 Å². The van der Waals surface area contributed by atoms with E-state index in [1.54, 1.807) is 6.92 Å². The van der Waals surface area contributed by atoms with Crippen LogP contribution in [0, 0.1) is 5.92 Å². The average Bonchev–Trinajstić information content (AvgIpc) is 2.18. The van der Waals surface area contributed by atoms with Crippen molar-refractivity contribution >= 4 is 5.91 Å². The molecule has 0 bridgehead atoms. The van der Waals surface area contributed by atoms with E-state index in [1.165, 1.54) is 12.8 Å². The van der Waals surface area contributed by atoms with Gasteiger partial charge in [0.15, 0.2) is 0 Å². The topological polar surface area (TPSA) is 40.5 Å². The van der Waals surface area contributed by atoms with Crippen LogP contribution in [-0.4, -0.2) is 34.6 Å². The molecule has 2 rings (SSSR count). The van der Waals surface area contributed by atoms with Crippen LogP contribution in [0.3, 0.4) is 0 Å². The van der Waals surface area contributed by atoms with Gasteiger partial charge in [0.2, 0.25) is 5.91 Å². The van der Waals surface area contributed by atoms with Gasteiger partial charge in [0.1, 0.15) is 0 Å². The summed E-state index contributed by atoms with van der Waals surface area (Å²) in [6.45, 7) is 2.39. The highest BCUT2D eigenvalue weighted by atomic mass is 16.3. The SMILES string of the molecule is CC(=O)N1CC[C@H](O)[C@@H]2CCCC[C@@H]21. The van der Waals surface area contributed by atoms with E-state index in [9.17, 15) is 9.90 Å². The molecule has 2 aliphatic rings. The summed E-state index contributed by atoms with van der Waals surface area (Å²) >= 11 is 0. The molecule has 0 unspecified atom stereocenters. The number of amides is 1. The maximum Gasteiger partial charge on any atom is 0.219 e. The molecule has 2 fully saturated rings. The van der Waals surface area contributed by atoms with Gasteiger partial charge in [-0.2, -0.15) is 0 Å². The molecule has 3 heteroatoms. The van der Waals surface area contributed by atoms with Gasteiger partial charge in [0.05, 0.1) is 6.10 Å². The second kappa shape index (κ2) is 3.89. The molecule has 14 heavy (non-hydrogen) atoms. The zero-order valence-corrected chi connectivity index (χ0v) is 8.78. The first kappa shape index (κ1) is 9.97. The fraction of sp³-hybridized carbons (Fsp3) is 0.909. The average molecular weight is 197 g/mol. The molecule has 0 radical (unpaired) electrons. The van der Waals surface area contributed by atoms with Crippen LogP contribution in [0.5, 0.6) is 0 Å². The highest BCUT2D eigenvalue weighted by Crippen LogP contribution is 2.35. The van der Waals surface area contributed by atoms with Gasteiger partial charge in [-0.25, -0.2) is 0 Å². The molecule has 1 amide bonds. The summed E-state index contributed by atoms with van der Waals surface area (Å²) in [6, 6.07) is 0.324. The molecule has 1 N–H and O–H groups in total. The van der Waals surface area contributed by atoms with Crippen LogP contribution in [0.2, 0.25) is 0 Å². The summed E-state index contributed by atoms with van der Waals surface area (Å²) in [6.07, 6.45) is 5.19. The molecule has 1 heterocycles. The van der Waals surface area contributed by atoms with Crippen LogP contribution in [0.25, 0.3) is 0 Å². The van der Waals surface area contributed by atoms with Crippen molar-refractivity contribution < 1.29 is 9.90 Å². The maximum atomic E-state index is 11.4. The van der Waals surface area contributed by atoms with Crippen LogP contribution in [-0.2, 0) is 4.79 Å². The first-order valence-electron chi connectivity index (χ1n) is 5.65. The Labute approximate surface area is 85.1 Å². The van der Waals surface area contributed by atoms with E-state index in [0.29, 0.717) is 12.0 Å². The highest BCUT2D eigenvalue weighted by Gasteiger charge is 2.39. The molecular weight excluding hydrogens is 178 g/mol. The molecule has 3 atom stereocenters.